The van der Waals surface area contributed by atoms with Crippen LogP contribution in [0.1, 0.15) is 54.7 Å². The molecule has 0 spiro atoms. The van der Waals surface area contributed by atoms with Gasteiger partial charge in [0.25, 0.3) is 5.91 Å². The van der Waals surface area contributed by atoms with Crippen LogP contribution in [0.5, 0.6) is 0 Å². The van der Waals surface area contributed by atoms with Gasteiger partial charge in [0.2, 0.25) is 0 Å². The van der Waals surface area contributed by atoms with Crippen LogP contribution in [0.4, 0.5) is 0 Å². The second kappa shape index (κ2) is 8.06. The van der Waals surface area contributed by atoms with Crippen LogP contribution in [-0.2, 0) is 9.53 Å². The van der Waals surface area contributed by atoms with Crippen molar-refractivity contribution in [2.45, 2.75) is 40.2 Å². The molecule has 0 fully saturated rings. The fraction of sp³-hybridized carbons (Fsp3) is 0.250. The largest absolute Gasteiger partial charge is 0.512 e. The number of hydrogen-bond donors (Lipinski definition) is 1. The highest BCUT2D eigenvalue weighted by molar-refractivity contribution is 6.36. The Hall–Kier alpha value is -3.54. The first-order valence-corrected chi connectivity index (χ1v) is 9.58. The average molecular weight is 404 g/mol. The molecule has 154 valence electrons. The lowest BCUT2D eigenvalue weighted by Gasteiger charge is -2.21. The van der Waals surface area contributed by atoms with E-state index in [9.17, 15) is 14.7 Å². The van der Waals surface area contributed by atoms with Crippen molar-refractivity contribution in [3.63, 3.8) is 0 Å². The lowest BCUT2D eigenvalue weighted by Crippen LogP contribution is -2.28. The number of fused-ring (bicyclic) bond motifs is 1. The van der Waals surface area contributed by atoms with Crippen molar-refractivity contribution >= 4 is 23.4 Å². The number of hydrogen-bond acceptors (Lipinski definition) is 4. The molecule has 1 aliphatic rings. The van der Waals surface area contributed by atoms with Crippen molar-refractivity contribution in [1.29, 1.82) is 0 Å². The molecule has 6 heteroatoms. The third-order valence-corrected chi connectivity index (χ3v) is 4.31. The number of aliphatic hydroxyl groups excluding tert-OH is 1. The second-order valence-corrected chi connectivity index (χ2v) is 8.08. The molecule has 0 aliphatic carbocycles. The van der Waals surface area contributed by atoms with Crippen LogP contribution in [-0.4, -0.2) is 34.1 Å². The number of nitrogens with zero attached hydrogens (tertiary/aromatic N) is 2. The van der Waals surface area contributed by atoms with Gasteiger partial charge in [-0.3, -0.25) is 4.79 Å². The molecular formula is C24H24N2O4. The number of amides is 1. The summed E-state index contributed by atoms with van der Waals surface area (Å²) in [6, 6.07) is 14.3. The summed E-state index contributed by atoms with van der Waals surface area (Å²) in [6.07, 6.45) is 0. The number of carbonyl (C=O) groups is 2. The summed E-state index contributed by atoms with van der Waals surface area (Å²) in [4.78, 5) is 34.1. The van der Waals surface area contributed by atoms with E-state index in [2.05, 4.69) is 9.98 Å². The monoisotopic (exact) mass is 404 g/mol. The van der Waals surface area contributed by atoms with E-state index < -0.39 is 17.5 Å². The lowest BCUT2D eigenvalue weighted by molar-refractivity contribution is -0.149. The summed E-state index contributed by atoms with van der Waals surface area (Å²) in [5.74, 6) is -1.15. The Bertz CT molecular complexity index is 1110. The zero-order valence-electron chi connectivity index (χ0n) is 17.7. The molecule has 2 aromatic rings. The zero-order valence-corrected chi connectivity index (χ0v) is 17.7. The maximum absolute atomic E-state index is 12.8. The van der Waals surface area contributed by atoms with Gasteiger partial charge in [-0.1, -0.05) is 42.0 Å². The fourth-order valence-corrected chi connectivity index (χ4v) is 3.07. The van der Waals surface area contributed by atoms with Crippen molar-refractivity contribution in [2.24, 2.45) is 9.98 Å². The summed E-state index contributed by atoms with van der Waals surface area (Å²) in [7, 11) is 0. The normalized spacial score (nSPS) is 15.4. The van der Waals surface area contributed by atoms with E-state index in [0.717, 1.165) is 5.56 Å². The van der Waals surface area contributed by atoms with Crippen LogP contribution in [0, 0.1) is 6.92 Å². The van der Waals surface area contributed by atoms with Crippen molar-refractivity contribution in [3.05, 3.63) is 82.1 Å². The van der Waals surface area contributed by atoms with Crippen molar-refractivity contribution in [2.75, 3.05) is 0 Å². The molecule has 30 heavy (non-hydrogen) atoms. The minimum Gasteiger partial charge on any atom is -0.512 e. The highest BCUT2D eigenvalue weighted by atomic mass is 16.6. The van der Waals surface area contributed by atoms with E-state index in [4.69, 9.17) is 4.74 Å². The summed E-state index contributed by atoms with van der Waals surface area (Å²) in [6.45, 7) is 8.53. The molecule has 3 rings (SSSR count). The molecule has 6 nitrogen and oxygen atoms in total. The van der Waals surface area contributed by atoms with Crippen LogP contribution in [0.3, 0.4) is 0 Å². The summed E-state index contributed by atoms with van der Waals surface area (Å²) in [5, 5.41) is 10.2. The third kappa shape index (κ3) is 4.54. The summed E-state index contributed by atoms with van der Waals surface area (Å²) < 4.78 is 5.44. The highest BCUT2D eigenvalue weighted by Gasteiger charge is 2.32. The maximum Gasteiger partial charge on any atom is 0.344 e. The molecule has 0 radical (unpaired) electrons. The van der Waals surface area contributed by atoms with Gasteiger partial charge in [0.05, 0.1) is 5.71 Å². The quantitative estimate of drug-likeness (QED) is 0.461. The number of benzene rings is 2. The molecule has 1 N–H and O–H groups in total. The molecule has 1 aliphatic heterocycles. The van der Waals surface area contributed by atoms with Crippen LogP contribution in [0.2, 0.25) is 0 Å². The zero-order chi connectivity index (χ0) is 22.1. The second-order valence-electron chi connectivity index (χ2n) is 8.08. The van der Waals surface area contributed by atoms with Crippen LogP contribution < -0.4 is 0 Å². The Kier molecular flexibility index (Phi) is 5.69. The topological polar surface area (TPSA) is 88.3 Å². The number of allylic oxidation sites excluding steroid dienone is 1. The van der Waals surface area contributed by atoms with Crippen LogP contribution in [0.25, 0.3) is 0 Å². The van der Waals surface area contributed by atoms with Gasteiger partial charge in [0.15, 0.2) is 5.84 Å². The minimum atomic E-state index is -0.742. The first-order valence-electron chi connectivity index (χ1n) is 9.58. The Balaban J connectivity index is 2.08. The van der Waals surface area contributed by atoms with E-state index in [-0.39, 0.29) is 22.9 Å². The predicted molar refractivity (Wildman–Crippen MR) is 116 cm³/mol. The first-order chi connectivity index (χ1) is 14.1. The summed E-state index contributed by atoms with van der Waals surface area (Å²) in [5.41, 5.74) is 2.04. The van der Waals surface area contributed by atoms with Gasteiger partial charge in [-0.05, 0) is 46.8 Å². The van der Waals surface area contributed by atoms with Crippen molar-refractivity contribution in [1.82, 2.24) is 0 Å². The molecule has 1 amide bonds. The van der Waals surface area contributed by atoms with Gasteiger partial charge in [-0.25, -0.2) is 9.79 Å². The van der Waals surface area contributed by atoms with E-state index in [1.807, 2.05) is 13.0 Å². The number of rotatable bonds is 3. The van der Waals surface area contributed by atoms with Crippen LogP contribution in [0.15, 0.2) is 69.8 Å². The molecule has 1 heterocycles. The lowest BCUT2D eigenvalue weighted by atomic mass is 9.99. The molecule has 0 saturated heterocycles. The molecule has 0 unspecified atom stereocenters. The predicted octanol–water partition coefficient (Wildman–Crippen LogP) is 4.56. The van der Waals surface area contributed by atoms with E-state index >= 15 is 0 Å². The third-order valence-electron chi connectivity index (χ3n) is 4.31. The van der Waals surface area contributed by atoms with E-state index in [1.54, 1.807) is 63.2 Å². The summed E-state index contributed by atoms with van der Waals surface area (Å²) >= 11 is 0. The van der Waals surface area contributed by atoms with Crippen LogP contribution >= 0.6 is 0 Å². The number of aliphatic imine (C=N–C) groups is 2. The smallest absolute Gasteiger partial charge is 0.344 e. The van der Waals surface area contributed by atoms with Crippen molar-refractivity contribution < 1.29 is 19.4 Å². The number of ether oxygens (including phenoxy) is 1. The van der Waals surface area contributed by atoms with Crippen molar-refractivity contribution in [3.8, 4) is 0 Å². The van der Waals surface area contributed by atoms with E-state index in [0.29, 0.717) is 16.7 Å². The number of aliphatic hydroxyl groups is 1. The molecule has 0 atom stereocenters. The first kappa shape index (κ1) is 21.2. The SMILES string of the molecule is C/C(O)=C(\C(=O)OC(C)(C)C)C1=NC(=NC(=O)c2cccc(C)c2)c2ccccc21. The Morgan fingerprint density at radius 2 is 1.70 bits per heavy atom. The Morgan fingerprint density at radius 3 is 2.30 bits per heavy atom. The molecule has 2 aromatic carbocycles. The standard InChI is InChI=1S/C24H24N2O4/c1-14-9-8-10-16(13-14)22(28)26-21-18-12-7-6-11-17(18)20(25-21)19(15(2)27)23(29)30-24(3,4)5/h6-13,27H,1-5H3/b19-15+,26-21?. The molecule has 0 aromatic heterocycles. The number of esters is 1. The number of aryl methyl sites for hydroxylation is 1. The maximum atomic E-state index is 12.8. The average Bonchev–Trinajstić information content (AvgIpc) is 2.98. The Morgan fingerprint density at radius 1 is 1.03 bits per heavy atom. The fourth-order valence-electron chi connectivity index (χ4n) is 3.07. The van der Waals surface area contributed by atoms with Gasteiger partial charge in [0.1, 0.15) is 16.9 Å². The van der Waals surface area contributed by atoms with Gasteiger partial charge >= 0.3 is 5.97 Å². The Labute approximate surface area is 175 Å². The van der Waals surface area contributed by atoms with Gasteiger partial charge in [0, 0.05) is 16.7 Å². The van der Waals surface area contributed by atoms with E-state index in [1.165, 1.54) is 6.92 Å². The molecule has 0 bridgehead atoms. The van der Waals surface area contributed by atoms with Gasteiger partial charge in [-0.2, -0.15) is 4.99 Å². The molecular weight excluding hydrogens is 380 g/mol. The highest BCUT2D eigenvalue weighted by Crippen LogP contribution is 2.27. The minimum absolute atomic E-state index is 0.0504. The van der Waals surface area contributed by atoms with Gasteiger partial charge in [-0.15, -0.1) is 0 Å². The molecule has 0 saturated carbocycles. The number of amidine groups is 1. The number of carbonyl (C=O) groups excluding carboxylic acids is 2. The van der Waals surface area contributed by atoms with Gasteiger partial charge < -0.3 is 9.84 Å².